The number of hydrogen-bond donors (Lipinski definition) is 4. The van der Waals surface area contributed by atoms with Crippen molar-refractivity contribution in [2.45, 2.75) is 152 Å². The number of rotatable bonds is 6. The second-order valence-electron chi connectivity index (χ2n) is 17.8. The van der Waals surface area contributed by atoms with Gasteiger partial charge >= 0.3 is 0 Å². The van der Waals surface area contributed by atoms with E-state index in [9.17, 15) is 9.59 Å². The van der Waals surface area contributed by atoms with Gasteiger partial charge in [0.25, 0.3) is 0 Å². The number of fused-ring (bicyclic) bond motifs is 2. The van der Waals surface area contributed by atoms with Crippen LogP contribution in [-0.4, -0.2) is 36.0 Å². The van der Waals surface area contributed by atoms with E-state index in [0.29, 0.717) is 47.6 Å². The van der Waals surface area contributed by atoms with Crippen molar-refractivity contribution in [1.29, 1.82) is 0 Å². The lowest BCUT2D eigenvalue weighted by Gasteiger charge is -2.36. The molecule has 1 unspecified atom stereocenters. The Balaban J connectivity index is 0.832. The lowest BCUT2D eigenvalue weighted by molar-refractivity contribution is -0.118. The number of benzene rings is 2. The molecule has 276 valence electrons. The molecule has 52 heavy (non-hydrogen) atoms. The van der Waals surface area contributed by atoms with Crippen LogP contribution in [-0.2, 0) is 9.59 Å². The summed E-state index contributed by atoms with van der Waals surface area (Å²) in [5.74, 6) is 3.92. The predicted molar refractivity (Wildman–Crippen MR) is 210 cm³/mol. The van der Waals surface area contributed by atoms with E-state index in [4.69, 9.17) is 0 Å². The van der Waals surface area contributed by atoms with Gasteiger partial charge in [-0.2, -0.15) is 0 Å². The summed E-state index contributed by atoms with van der Waals surface area (Å²) in [6.07, 6.45) is 27.1. The average molecular weight is 701 g/mol. The first-order valence-electron chi connectivity index (χ1n) is 21.2. The summed E-state index contributed by atoms with van der Waals surface area (Å²) in [4.78, 5) is 26.3. The van der Waals surface area contributed by atoms with Crippen LogP contribution in [0.1, 0.15) is 139 Å². The minimum absolute atomic E-state index is 0.0554. The Bertz CT molecular complexity index is 1630. The second kappa shape index (κ2) is 15.3. The van der Waals surface area contributed by atoms with Gasteiger partial charge in [-0.05, 0) is 149 Å². The monoisotopic (exact) mass is 700 g/mol. The van der Waals surface area contributed by atoms with E-state index in [2.05, 4.69) is 82.0 Å². The van der Waals surface area contributed by atoms with E-state index in [1.807, 2.05) is 0 Å². The van der Waals surface area contributed by atoms with Gasteiger partial charge in [0.05, 0.1) is 12.1 Å². The molecule has 2 amide bonds. The minimum atomic E-state index is -0.0558. The van der Waals surface area contributed by atoms with Gasteiger partial charge < -0.3 is 21.3 Å². The summed E-state index contributed by atoms with van der Waals surface area (Å²) < 4.78 is 0. The summed E-state index contributed by atoms with van der Waals surface area (Å²) in [5, 5.41) is 13.7. The lowest BCUT2D eigenvalue weighted by atomic mass is 9.69. The van der Waals surface area contributed by atoms with Crippen molar-refractivity contribution in [3.8, 4) is 0 Å². The Hall–Kier alpha value is -3.22. The Morgan fingerprint density at radius 2 is 1.17 bits per heavy atom. The summed E-state index contributed by atoms with van der Waals surface area (Å²) in [5.41, 5.74) is 7.88. The maximum atomic E-state index is 13.2. The molecule has 12 rings (SSSR count). The van der Waals surface area contributed by atoms with Crippen LogP contribution in [0.3, 0.4) is 0 Å². The molecule has 3 saturated carbocycles. The molecule has 5 fully saturated rings. The third-order valence-electron chi connectivity index (χ3n) is 14.7. The summed E-state index contributed by atoms with van der Waals surface area (Å²) >= 11 is 0. The molecule has 10 atom stereocenters. The molecule has 4 N–H and O–H groups in total. The van der Waals surface area contributed by atoms with E-state index in [1.165, 1.54) is 101 Å². The van der Waals surface area contributed by atoms with Crippen molar-refractivity contribution in [3.05, 3.63) is 83.0 Å². The van der Waals surface area contributed by atoms with E-state index in [0.717, 1.165) is 37.1 Å². The van der Waals surface area contributed by atoms with Gasteiger partial charge in [0.2, 0.25) is 11.8 Å². The standard InChI is InChI=1S/C46H60N4O2/c51-45(43-27-35-5-1-3-7-41(35)49-43)47-37-21-17-33(18-22-37)39-25-29-9-13-31(39)15-11-30-10-14-32(16-12-29)40(26-30)34-19-23-38(24-20-34)48-46(52)44-28-36-6-2-4-8-42(36)50-44/h13,17-24,26,29,32,35-36,39-44,49-50H,1-12,14-16,25,27-28H2,(H,47,51)(H,48,52)/t29-,32?,35-,36-,39+,40+,41-,42-,43-,44-/m0/s1. The molecule has 6 heteroatoms. The predicted octanol–water partition coefficient (Wildman–Crippen LogP) is 9.52. The highest BCUT2D eigenvalue weighted by atomic mass is 16.2. The zero-order valence-corrected chi connectivity index (χ0v) is 31.1. The van der Waals surface area contributed by atoms with Crippen LogP contribution >= 0.6 is 0 Å². The fourth-order valence-electron chi connectivity index (χ4n) is 11.7. The first kappa shape index (κ1) is 34.5. The zero-order chi connectivity index (χ0) is 35.0. The maximum Gasteiger partial charge on any atom is 0.241 e. The van der Waals surface area contributed by atoms with Crippen LogP contribution in [0.4, 0.5) is 11.4 Å². The van der Waals surface area contributed by atoms with Gasteiger partial charge in [0.15, 0.2) is 0 Å². The van der Waals surface area contributed by atoms with E-state index in [1.54, 1.807) is 11.1 Å². The van der Waals surface area contributed by atoms with Crippen LogP contribution in [0, 0.1) is 23.7 Å². The fraction of sp³-hybridized carbons (Fsp3) is 0.609. The molecule has 8 aliphatic carbocycles. The molecule has 2 aromatic rings. The molecule has 2 aliphatic heterocycles. The van der Waals surface area contributed by atoms with Gasteiger partial charge in [-0.25, -0.2) is 0 Å². The van der Waals surface area contributed by atoms with Gasteiger partial charge in [-0.3, -0.25) is 9.59 Å². The highest BCUT2D eigenvalue weighted by Gasteiger charge is 2.39. The van der Waals surface area contributed by atoms with Crippen molar-refractivity contribution < 1.29 is 9.59 Å². The third-order valence-corrected chi connectivity index (χ3v) is 14.7. The first-order valence-corrected chi connectivity index (χ1v) is 21.2. The number of carbonyl (C=O) groups excluding carboxylic acids is 2. The third kappa shape index (κ3) is 7.44. The molecule has 6 nitrogen and oxygen atoms in total. The molecule has 0 spiro atoms. The molecular formula is C46H60N4O2. The molecule has 2 aromatic carbocycles. The average Bonchev–Trinajstić information content (AvgIpc) is 3.82. The van der Waals surface area contributed by atoms with E-state index >= 15 is 0 Å². The van der Waals surface area contributed by atoms with Gasteiger partial charge in [0.1, 0.15) is 0 Å². The molecule has 4 bridgehead atoms. The highest BCUT2D eigenvalue weighted by Crippen LogP contribution is 2.47. The van der Waals surface area contributed by atoms with Crippen LogP contribution in [0.2, 0.25) is 0 Å². The fourth-order valence-corrected chi connectivity index (χ4v) is 11.7. The van der Waals surface area contributed by atoms with Crippen molar-refractivity contribution in [2.75, 3.05) is 10.6 Å². The molecule has 0 aromatic heterocycles. The summed E-state index contributed by atoms with van der Waals surface area (Å²) in [6, 6.07) is 18.7. The van der Waals surface area contributed by atoms with Crippen LogP contribution in [0.15, 0.2) is 71.8 Å². The largest absolute Gasteiger partial charge is 0.325 e. The van der Waals surface area contributed by atoms with Crippen LogP contribution < -0.4 is 21.3 Å². The normalized spacial score (nSPS) is 35.7. The Morgan fingerprint density at radius 1 is 0.577 bits per heavy atom. The lowest BCUT2D eigenvalue weighted by Crippen LogP contribution is -2.39. The summed E-state index contributed by atoms with van der Waals surface area (Å²) in [6.45, 7) is 0. The quantitative estimate of drug-likeness (QED) is 0.226. The molecule has 0 radical (unpaired) electrons. The van der Waals surface area contributed by atoms with E-state index < -0.39 is 0 Å². The Morgan fingerprint density at radius 3 is 1.79 bits per heavy atom. The molecule has 2 heterocycles. The molecule has 2 saturated heterocycles. The van der Waals surface area contributed by atoms with Gasteiger partial charge in [-0.1, -0.05) is 73.2 Å². The van der Waals surface area contributed by atoms with Crippen molar-refractivity contribution in [1.82, 2.24) is 10.6 Å². The van der Waals surface area contributed by atoms with E-state index in [-0.39, 0.29) is 23.9 Å². The Kier molecular flexibility index (Phi) is 10.1. The van der Waals surface area contributed by atoms with Gasteiger partial charge in [0, 0.05) is 35.3 Å². The SMILES string of the molecule is O=C(Nc1ccc([C@@H]2C[C@H]3CC=C2CCC2=C[C@@H](c4ccc(NC(=O)[C@@H]5C[C@@H]6CCCC[C@@H]6N5)cc4)C(CC2)CC3)cc1)[C@@H]1C[C@@H]2CCCC[C@@H]2N1. The smallest absolute Gasteiger partial charge is 0.241 e. The van der Waals surface area contributed by atoms with Crippen molar-refractivity contribution >= 4 is 23.2 Å². The number of hydrogen-bond acceptors (Lipinski definition) is 4. The second-order valence-corrected chi connectivity index (χ2v) is 17.8. The van der Waals surface area contributed by atoms with Crippen molar-refractivity contribution in [3.63, 3.8) is 0 Å². The topological polar surface area (TPSA) is 82.3 Å². The van der Waals surface area contributed by atoms with Crippen LogP contribution in [0.5, 0.6) is 0 Å². The number of nitrogens with one attached hydrogen (secondary N) is 4. The number of amides is 2. The Labute approximate surface area is 311 Å². The number of anilines is 2. The molecule has 10 aliphatic rings. The van der Waals surface area contributed by atoms with Gasteiger partial charge in [-0.15, -0.1) is 0 Å². The highest BCUT2D eigenvalue weighted by molar-refractivity contribution is 5.95. The van der Waals surface area contributed by atoms with Crippen LogP contribution in [0.25, 0.3) is 0 Å². The van der Waals surface area contributed by atoms with Crippen molar-refractivity contribution in [2.24, 2.45) is 23.7 Å². The maximum absolute atomic E-state index is 13.2. The molecular weight excluding hydrogens is 641 g/mol. The summed E-state index contributed by atoms with van der Waals surface area (Å²) in [7, 11) is 0. The first-order chi connectivity index (χ1) is 25.5. The number of allylic oxidation sites excluding steroid dienone is 4. The minimum Gasteiger partial charge on any atom is -0.325 e. The number of carbonyl (C=O) groups is 2. The zero-order valence-electron chi connectivity index (χ0n) is 31.1.